The lowest BCUT2D eigenvalue weighted by Crippen LogP contribution is -2.28. The Hall–Kier alpha value is -4.47. The lowest BCUT2D eigenvalue weighted by Gasteiger charge is -2.20. The van der Waals surface area contributed by atoms with Crippen LogP contribution >= 0.6 is 11.6 Å². The van der Waals surface area contributed by atoms with Gasteiger partial charge in [-0.3, -0.25) is 4.98 Å². The molecule has 0 unspecified atom stereocenters. The molecular formula is C33H28ClFN4O3. The lowest BCUT2D eigenvalue weighted by atomic mass is 9.95. The van der Waals surface area contributed by atoms with Crippen LogP contribution in [0.25, 0.3) is 11.1 Å². The van der Waals surface area contributed by atoms with Crippen LogP contribution < -0.4 is 14.8 Å². The van der Waals surface area contributed by atoms with Crippen molar-refractivity contribution in [3.05, 3.63) is 111 Å². The molecule has 0 aliphatic heterocycles. The molecule has 0 fully saturated rings. The van der Waals surface area contributed by atoms with Crippen molar-refractivity contribution in [3.8, 4) is 34.8 Å². The van der Waals surface area contributed by atoms with Crippen molar-refractivity contribution in [2.75, 3.05) is 6.61 Å². The monoisotopic (exact) mass is 582 g/mol. The maximum atomic E-state index is 14.8. The predicted octanol–water partition coefficient (Wildman–Crippen LogP) is 6.40. The number of fused-ring (bicyclic) bond motifs is 1. The maximum Gasteiger partial charge on any atom is 0.142 e. The molecule has 0 saturated carbocycles. The number of aliphatic hydroxyl groups excluding tert-OH is 1. The van der Waals surface area contributed by atoms with E-state index in [9.17, 15) is 20.0 Å². The summed E-state index contributed by atoms with van der Waals surface area (Å²) in [6, 6.07) is 19.3. The third kappa shape index (κ3) is 6.37. The Morgan fingerprint density at radius 3 is 2.69 bits per heavy atom. The van der Waals surface area contributed by atoms with Crippen LogP contribution in [0.1, 0.15) is 52.8 Å². The van der Waals surface area contributed by atoms with Crippen LogP contribution in [0.3, 0.4) is 0 Å². The Bertz CT molecular complexity index is 1700. The Balaban J connectivity index is 1.43. The number of nitrogens with zero attached hydrogens (tertiary/aromatic N) is 3. The highest BCUT2D eigenvalue weighted by atomic mass is 35.5. The standard InChI is InChI=1S/C33H28ClFN4O3/c1-20(18-40)39-17-24-11-29(34)33(12-32(24)41-19-23-9-22(14-37)15-38-16-23)42-31-8-6-26-25(3-2-4-27(26)31)28-10-21(13-36)5-7-30(28)35/h2-5,7,9-12,15-16,20,31,39-40H,6,8,17-19H2,1H3/t20-,31+/m1/s1. The number of benzene rings is 3. The summed E-state index contributed by atoms with van der Waals surface area (Å²) in [7, 11) is 0. The zero-order chi connectivity index (χ0) is 29.6. The number of nitrogens with one attached hydrogen (secondary N) is 1. The van der Waals surface area contributed by atoms with E-state index in [1.54, 1.807) is 30.5 Å². The van der Waals surface area contributed by atoms with E-state index in [0.29, 0.717) is 52.6 Å². The molecule has 2 N–H and O–H groups in total. The van der Waals surface area contributed by atoms with Gasteiger partial charge in [0.1, 0.15) is 36.1 Å². The van der Waals surface area contributed by atoms with Crippen molar-refractivity contribution >= 4 is 11.6 Å². The Morgan fingerprint density at radius 1 is 1.07 bits per heavy atom. The fourth-order valence-electron chi connectivity index (χ4n) is 5.02. The van der Waals surface area contributed by atoms with Crippen LogP contribution in [0.2, 0.25) is 5.02 Å². The minimum absolute atomic E-state index is 0.0223. The van der Waals surface area contributed by atoms with Crippen LogP contribution in [-0.4, -0.2) is 22.7 Å². The van der Waals surface area contributed by atoms with Gasteiger partial charge in [0.2, 0.25) is 0 Å². The zero-order valence-corrected chi connectivity index (χ0v) is 23.7. The molecule has 9 heteroatoms. The van der Waals surface area contributed by atoms with Gasteiger partial charge in [-0.1, -0.05) is 29.8 Å². The summed E-state index contributed by atoms with van der Waals surface area (Å²) in [5, 5.41) is 31.6. The van der Waals surface area contributed by atoms with Crippen LogP contribution in [0, 0.1) is 28.5 Å². The molecule has 2 atom stereocenters. The fourth-order valence-corrected chi connectivity index (χ4v) is 5.25. The number of pyridine rings is 1. The quantitative estimate of drug-likeness (QED) is 0.222. The minimum atomic E-state index is -0.383. The molecular weight excluding hydrogens is 555 g/mol. The fraction of sp³-hybridized carbons (Fsp3) is 0.242. The van der Waals surface area contributed by atoms with Crippen LogP contribution in [0.4, 0.5) is 4.39 Å². The van der Waals surface area contributed by atoms with Crippen molar-refractivity contribution in [2.45, 2.75) is 45.1 Å². The van der Waals surface area contributed by atoms with Gasteiger partial charge in [0.25, 0.3) is 0 Å². The number of aliphatic hydroxyl groups is 1. The molecule has 5 rings (SSSR count). The average molecular weight is 583 g/mol. The molecule has 212 valence electrons. The van der Waals surface area contributed by atoms with E-state index in [0.717, 1.165) is 27.8 Å². The molecule has 1 aliphatic carbocycles. The molecule has 42 heavy (non-hydrogen) atoms. The molecule has 3 aromatic carbocycles. The van der Waals surface area contributed by atoms with Gasteiger partial charge in [-0.2, -0.15) is 10.5 Å². The van der Waals surface area contributed by atoms with Gasteiger partial charge in [-0.15, -0.1) is 0 Å². The molecule has 0 amide bonds. The lowest BCUT2D eigenvalue weighted by molar-refractivity contribution is 0.205. The molecule has 1 aromatic heterocycles. The summed E-state index contributed by atoms with van der Waals surface area (Å²) < 4.78 is 27.4. The predicted molar refractivity (Wildman–Crippen MR) is 156 cm³/mol. The molecule has 0 bridgehead atoms. The molecule has 4 aromatic rings. The van der Waals surface area contributed by atoms with Crippen molar-refractivity contribution in [2.24, 2.45) is 0 Å². The number of hydrogen-bond donors (Lipinski definition) is 2. The zero-order valence-electron chi connectivity index (χ0n) is 22.9. The number of hydrogen-bond acceptors (Lipinski definition) is 7. The normalized spacial score (nSPS) is 14.5. The highest BCUT2D eigenvalue weighted by molar-refractivity contribution is 6.32. The minimum Gasteiger partial charge on any atom is -0.488 e. The van der Waals surface area contributed by atoms with Crippen LogP contribution in [0.5, 0.6) is 11.5 Å². The Morgan fingerprint density at radius 2 is 1.90 bits per heavy atom. The van der Waals surface area contributed by atoms with Gasteiger partial charge in [0.05, 0.1) is 28.8 Å². The number of ether oxygens (including phenoxy) is 2. The van der Waals surface area contributed by atoms with E-state index in [1.165, 1.54) is 18.3 Å². The Labute approximate surface area is 248 Å². The van der Waals surface area contributed by atoms with E-state index in [4.69, 9.17) is 21.1 Å². The molecule has 0 radical (unpaired) electrons. The van der Waals surface area contributed by atoms with Crippen molar-refractivity contribution in [1.29, 1.82) is 10.5 Å². The van der Waals surface area contributed by atoms with Crippen LogP contribution in [-0.2, 0) is 19.6 Å². The summed E-state index contributed by atoms with van der Waals surface area (Å²) >= 11 is 6.71. The van der Waals surface area contributed by atoms with Gasteiger partial charge < -0.3 is 19.9 Å². The number of nitriles is 2. The molecule has 1 aliphatic rings. The highest BCUT2D eigenvalue weighted by Crippen LogP contribution is 2.43. The summed E-state index contributed by atoms with van der Waals surface area (Å²) in [4.78, 5) is 4.10. The topological polar surface area (TPSA) is 111 Å². The summed E-state index contributed by atoms with van der Waals surface area (Å²) in [5.41, 5.74) is 5.40. The van der Waals surface area contributed by atoms with E-state index in [-0.39, 0.29) is 31.2 Å². The second-order valence-electron chi connectivity index (χ2n) is 10.2. The maximum absolute atomic E-state index is 14.8. The number of aromatic nitrogens is 1. The summed E-state index contributed by atoms with van der Waals surface area (Å²) in [6.07, 6.45) is 4.16. The van der Waals surface area contributed by atoms with Gasteiger partial charge in [0.15, 0.2) is 0 Å². The van der Waals surface area contributed by atoms with Gasteiger partial charge in [-0.05, 0) is 66.8 Å². The number of rotatable bonds is 10. The first-order chi connectivity index (χ1) is 20.4. The molecule has 0 spiro atoms. The smallest absolute Gasteiger partial charge is 0.142 e. The summed E-state index contributed by atoms with van der Waals surface area (Å²) in [5.74, 6) is 0.596. The molecule has 1 heterocycles. The van der Waals surface area contributed by atoms with Crippen molar-refractivity contribution in [3.63, 3.8) is 0 Å². The van der Waals surface area contributed by atoms with E-state index in [2.05, 4.69) is 22.4 Å². The van der Waals surface area contributed by atoms with Crippen molar-refractivity contribution in [1.82, 2.24) is 10.3 Å². The van der Waals surface area contributed by atoms with E-state index >= 15 is 0 Å². The summed E-state index contributed by atoms with van der Waals surface area (Å²) in [6.45, 7) is 2.42. The SMILES string of the molecule is C[C@H](CO)NCc1cc(Cl)c(O[C@H]2CCc3c(-c4cc(C#N)ccc4F)cccc32)cc1OCc1cncc(C#N)c1. The third-order valence-corrected chi connectivity index (χ3v) is 7.51. The van der Waals surface area contributed by atoms with E-state index in [1.807, 2.05) is 25.1 Å². The highest BCUT2D eigenvalue weighted by Gasteiger charge is 2.28. The Kier molecular flexibility index (Phi) is 9.00. The third-order valence-electron chi connectivity index (χ3n) is 7.22. The second-order valence-corrected chi connectivity index (χ2v) is 10.6. The first-order valence-electron chi connectivity index (χ1n) is 13.5. The van der Waals surface area contributed by atoms with Gasteiger partial charge in [0, 0.05) is 47.7 Å². The number of halogens is 2. The van der Waals surface area contributed by atoms with Gasteiger partial charge in [-0.25, -0.2) is 4.39 Å². The van der Waals surface area contributed by atoms with Crippen molar-refractivity contribution < 1.29 is 19.0 Å². The molecule has 0 saturated heterocycles. The first kappa shape index (κ1) is 29.0. The van der Waals surface area contributed by atoms with Gasteiger partial charge >= 0.3 is 0 Å². The largest absolute Gasteiger partial charge is 0.488 e. The van der Waals surface area contributed by atoms with Crippen LogP contribution in [0.15, 0.2) is 67.0 Å². The molecule has 7 nitrogen and oxygen atoms in total. The average Bonchev–Trinajstić information content (AvgIpc) is 3.43. The second kappa shape index (κ2) is 13.0. The van der Waals surface area contributed by atoms with E-state index < -0.39 is 0 Å². The first-order valence-corrected chi connectivity index (χ1v) is 13.9.